The van der Waals surface area contributed by atoms with E-state index in [0.29, 0.717) is 24.8 Å². The van der Waals surface area contributed by atoms with Crippen molar-refractivity contribution in [3.63, 3.8) is 0 Å². The van der Waals surface area contributed by atoms with Gasteiger partial charge in [0.25, 0.3) is 5.88 Å². The van der Waals surface area contributed by atoms with E-state index in [9.17, 15) is 4.79 Å². The number of piperidine rings is 1. The van der Waals surface area contributed by atoms with Crippen LogP contribution in [0.4, 0.5) is 5.82 Å². The summed E-state index contributed by atoms with van der Waals surface area (Å²) in [6, 6.07) is 15.5. The van der Waals surface area contributed by atoms with Crippen LogP contribution in [0.5, 0.6) is 11.6 Å². The highest BCUT2D eigenvalue weighted by atomic mass is 16.5. The van der Waals surface area contributed by atoms with Gasteiger partial charge in [-0.25, -0.2) is 9.97 Å². The maximum Gasteiger partial charge on any atom is 0.257 e. The topological polar surface area (TPSA) is 76.6 Å². The Kier molecular flexibility index (Phi) is 5.97. The molecule has 0 aliphatic carbocycles. The normalized spacial score (nSPS) is 16.3. The second-order valence-electron chi connectivity index (χ2n) is 7.40. The average molecular weight is 406 g/mol. The Balaban J connectivity index is 1.46. The molecule has 30 heavy (non-hydrogen) atoms. The Bertz CT molecular complexity index is 1040. The standard InChI is InChI=1S/C23H26N4O3/c1-29-18-9-5-7-16(13-18)14-24-22(28)17-8-6-12-27(15-17)21-23(30-2)26-20-11-4-3-10-19(20)25-21/h3-5,7,9-11,13,17H,6,8,12,14-15H2,1-2H3,(H,24,28)/t17-/m1/s1. The van der Waals surface area contributed by atoms with E-state index in [1.54, 1.807) is 14.2 Å². The predicted molar refractivity (Wildman–Crippen MR) is 116 cm³/mol. The van der Waals surface area contributed by atoms with E-state index in [4.69, 9.17) is 14.5 Å². The number of carbonyl (C=O) groups excluding carboxylic acids is 1. The molecule has 3 aromatic rings. The molecular weight excluding hydrogens is 380 g/mol. The molecule has 1 saturated heterocycles. The van der Waals surface area contributed by atoms with Gasteiger partial charge in [0.2, 0.25) is 5.91 Å². The number of methoxy groups -OCH3 is 2. The molecule has 1 amide bonds. The highest BCUT2D eigenvalue weighted by molar-refractivity contribution is 5.80. The summed E-state index contributed by atoms with van der Waals surface area (Å²) >= 11 is 0. The summed E-state index contributed by atoms with van der Waals surface area (Å²) in [5.41, 5.74) is 2.62. The molecule has 1 fully saturated rings. The second-order valence-corrected chi connectivity index (χ2v) is 7.40. The van der Waals surface area contributed by atoms with Crippen molar-refractivity contribution in [3.05, 3.63) is 54.1 Å². The van der Waals surface area contributed by atoms with E-state index in [1.807, 2.05) is 48.5 Å². The molecule has 1 aromatic heterocycles. The summed E-state index contributed by atoms with van der Waals surface area (Å²) in [6.07, 6.45) is 1.76. The molecule has 0 saturated carbocycles. The zero-order chi connectivity index (χ0) is 20.9. The molecule has 2 aromatic carbocycles. The SMILES string of the molecule is COc1cccc(CNC(=O)[C@@H]2CCCN(c3nc4ccccc4nc3OC)C2)c1. The molecule has 156 valence electrons. The average Bonchev–Trinajstić information content (AvgIpc) is 2.81. The van der Waals surface area contributed by atoms with Crippen LogP contribution in [0.3, 0.4) is 0 Å². The number of ether oxygens (including phenoxy) is 2. The number of anilines is 1. The third-order valence-electron chi connectivity index (χ3n) is 5.41. The molecule has 1 aliphatic heterocycles. The number of nitrogens with zero attached hydrogens (tertiary/aromatic N) is 3. The molecule has 7 heteroatoms. The number of hydrogen-bond donors (Lipinski definition) is 1. The van der Waals surface area contributed by atoms with Gasteiger partial charge in [0.05, 0.1) is 31.2 Å². The Labute approximate surface area is 176 Å². The fourth-order valence-electron chi connectivity index (χ4n) is 3.82. The van der Waals surface area contributed by atoms with Crippen molar-refractivity contribution < 1.29 is 14.3 Å². The van der Waals surface area contributed by atoms with E-state index in [1.165, 1.54) is 0 Å². The zero-order valence-corrected chi connectivity index (χ0v) is 17.3. The lowest BCUT2D eigenvalue weighted by Crippen LogP contribution is -2.43. The fraction of sp³-hybridized carbons (Fsp3) is 0.348. The van der Waals surface area contributed by atoms with Crippen LogP contribution in [0.1, 0.15) is 18.4 Å². The molecule has 1 atom stereocenters. The first-order valence-electron chi connectivity index (χ1n) is 10.1. The van der Waals surface area contributed by atoms with Gasteiger partial charge in [0, 0.05) is 19.6 Å². The highest BCUT2D eigenvalue weighted by Gasteiger charge is 2.28. The maximum atomic E-state index is 12.8. The monoisotopic (exact) mass is 406 g/mol. The minimum Gasteiger partial charge on any atom is -0.497 e. The molecule has 4 rings (SSSR count). The lowest BCUT2D eigenvalue weighted by molar-refractivity contribution is -0.125. The van der Waals surface area contributed by atoms with Crippen molar-refractivity contribution in [2.75, 3.05) is 32.2 Å². The van der Waals surface area contributed by atoms with Crippen LogP contribution >= 0.6 is 0 Å². The van der Waals surface area contributed by atoms with Gasteiger partial charge in [-0.3, -0.25) is 4.79 Å². The summed E-state index contributed by atoms with van der Waals surface area (Å²) in [6.45, 7) is 1.89. The van der Waals surface area contributed by atoms with Crippen LogP contribution in [-0.2, 0) is 11.3 Å². The minimum atomic E-state index is -0.109. The number of para-hydroxylation sites is 2. The van der Waals surface area contributed by atoms with Gasteiger partial charge < -0.3 is 19.7 Å². The second kappa shape index (κ2) is 8.98. The van der Waals surface area contributed by atoms with Crippen LogP contribution in [-0.4, -0.2) is 43.2 Å². The van der Waals surface area contributed by atoms with Crippen molar-refractivity contribution in [1.29, 1.82) is 0 Å². The predicted octanol–water partition coefficient (Wildman–Crippen LogP) is 3.18. The van der Waals surface area contributed by atoms with Gasteiger partial charge in [-0.2, -0.15) is 0 Å². The molecule has 7 nitrogen and oxygen atoms in total. The first kappa shape index (κ1) is 19.9. The summed E-state index contributed by atoms with van der Waals surface area (Å²) in [4.78, 5) is 24.3. The number of rotatable bonds is 6. The number of hydrogen-bond acceptors (Lipinski definition) is 6. The summed E-state index contributed by atoms with van der Waals surface area (Å²) < 4.78 is 10.8. The smallest absolute Gasteiger partial charge is 0.257 e. The fourth-order valence-corrected chi connectivity index (χ4v) is 3.82. The molecule has 0 radical (unpaired) electrons. The zero-order valence-electron chi connectivity index (χ0n) is 17.3. The van der Waals surface area contributed by atoms with Crippen molar-refractivity contribution in [1.82, 2.24) is 15.3 Å². The van der Waals surface area contributed by atoms with Crippen molar-refractivity contribution in [2.45, 2.75) is 19.4 Å². The van der Waals surface area contributed by atoms with Crippen LogP contribution in [0.2, 0.25) is 0 Å². The Morgan fingerprint density at radius 2 is 1.90 bits per heavy atom. The van der Waals surface area contributed by atoms with Crippen LogP contribution in [0.15, 0.2) is 48.5 Å². The highest BCUT2D eigenvalue weighted by Crippen LogP contribution is 2.30. The molecule has 2 heterocycles. The first-order valence-corrected chi connectivity index (χ1v) is 10.1. The van der Waals surface area contributed by atoms with Crippen LogP contribution < -0.4 is 19.7 Å². The lowest BCUT2D eigenvalue weighted by Gasteiger charge is -2.33. The van der Waals surface area contributed by atoms with Crippen molar-refractivity contribution in [3.8, 4) is 11.6 Å². The Hall–Kier alpha value is -3.35. The van der Waals surface area contributed by atoms with Crippen LogP contribution in [0.25, 0.3) is 11.0 Å². The van der Waals surface area contributed by atoms with Gasteiger partial charge in [0.15, 0.2) is 5.82 Å². The van der Waals surface area contributed by atoms with E-state index in [2.05, 4.69) is 15.2 Å². The largest absolute Gasteiger partial charge is 0.497 e. The number of carbonyl (C=O) groups is 1. The quantitative estimate of drug-likeness (QED) is 0.678. The molecular formula is C23H26N4O3. The van der Waals surface area contributed by atoms with Gasteiger partial charge in [0.1, 0.15) is 5.75 Å². The maximum absolute atomic E-state index is 12.8. The number of amides is 1. The molecule has 0 unspecified atom stereocenters. The van der Waals surface area contributed by atoms with Crippen molar-refractivity contribution in [2.24, 2.45) is 5.92 Å². The summed E-state index contributed by atoms with van der Waals surface area (Å²) in [7, 11) is 3.24. The lowest BCUT2D eigenvalue weighted by atomic mass is 9.97. The third-order valence-corrected chi connectivity index (χ3v) is 5.41. The van der Waals surface area contributed by atoms with E-state index in [0.717, 1.165) is 41.7 Å². The molecule has 0 bridgehead atoms. The van der Waals surface area contributed by atoms with E-state index in [-0.39, 0.29) is 11.8 Å². The van der Waals surface area contributed by atoms with Gasteiger partial charge in [-0.1, -0.05) is 24.3 Å². The van der Waals surface area contributed by atoms with Gasteiger partial charge in [-0.15, -0.1) is 0 Å². The van der Waals surface area contributed by atoms with Gasteiger partial charge in [-0.05, 0) is 42.7 Å². The third kappa shape index (κ3) is 4.30. The summed E-state index contributed by atoms with van der Waals surface area (Å²) in [5, 5.41) is 3.06. The van der Waals surface area contributed by atoms with Gasteiger partial charge >= 0.3 is 0 Å². The number of benzene rings is 2. The molecule has 0 spiro atoms. The molecule has 1 aliphatic rings. The molecule has 1 N–H and O–H groups in total. The summed E-state index contributed by atoms with van der Waals surface area (Å²) in [5.74, 6) is 1.91. The number of nitrogens with one attached hydrogen (secondary N) is 1. The Morgan fingerprint density at radius 3 is 2.67 bits per heavy atom. The number of aromatic nitrogens is 2. The Morgan fingerprint density at radius 1 is 1.10 bits per heavy atom. The van der Waals surface area contributed by atoms with E-state index < -0.39 is 0 Å². The van der Waals surface area contributed by atoms with E-state index >= 15 is 0 Å². The minimum absolute atomic E-state index is 0.0511. The van der Waals surface area contributed by atoms with Crippen LogP contribution in [0, 0.1) is 5.92 Å². The first-order chi connectivity index (χ1) is 14.7. The van der Waals surface area contributed by atoms with Crippen molar-refractivity contribution >= 4 is 22.8 Å². The number of fused-ring (bicyclic) bond motifs is 1.